The van der Waals surface area contributed by atoms with Gasteiger partial charge >= 0.3 is 12.2 Å². The van der Waals surface area contributed by atoms with Crippen molar-refractivity contribution >= 4 is 24.0 Å². The molecule has 390 valence electrons. The van der Waals surface area contributed by atoms with Gasteiger partial charge in [0, 0.05) is 24.2 Å². The fraction of sp³-hybridized carbons (Fsp3) is 0.355. The molecule has 4 aliphatic rings. The van der Waals surface area contributed by atoms with Gasteiger partial charge < -0.3 is 39.9 Å². The molecule has 0 spiro atoms. The number of amides is 4. The Labute approximate surface area is 444 Å². The Bertz CT molecular complexity index is 3120. The molecule has 0 radical (unpaired) electrons. The fourth-order valence-corrected chi connectivity index (χ4v) is 12.8. The molecule has 2 aliphatic carbocycles. The van der Waals surface area contributed by atoms with Gasteiger partial charge in [-0.1, -0.05) is 125 Å². The zero-order valence-electron chi connectivity index (χ0n) is 44.2. The minimum atomic E-state index is -0.897. The molecule has 2 aromatic heterocycles. The first-order valence-electron chi connectivity index (χ1n) is 26.7. The number of alkyl carbamates (subject to hydrolysis) is 2. The quantitative estimate of drug-likeness (QED) is 0.0935. The molecular formula is C62H66N8O6. The third-order valence-corrected chi connectivity index (χ3v) is 16.5. The molecule has 4 atom stereocenters. The van der Waals surface area contributed by atoms with Crippen molar-refractivity contribution in [2.24, 2.45) is 0 Å². The maximum Gasteiger partial charge on any atom is 0.407 e. The molecule has 1 unspecified atom stereocenters. The number of benzene rings is 5. The van der Waals surface area contributed by atoms with E-state index in [2.05, 4.69) is 96.8 Å². The lowest BCUT2D eigenvalue weighted by atomic mass is 9.73. The average Bonchev–Trinajstić information content (AvgIpc) is 4.32. The van der Waals surface area contributed by atoms with Crippen molar-refractivity contribution in [3.63, 3.8) is 0 Å². The lowest BCUT2D eigenvalue weighted by Gasteiger charge is -2.31. The number of nitrogens with one attached hydrogen (secondary N) is 4. The minimum Gasteiger partial charge on any atom is -0.453 e. The maximum absolute atomic E-state index is 14.3. The third kappa shape index (κ3) is 9.21. The van der Waals surface area contributed by atoms with Crippen LogP contribution < -0.4 is 10.6 Å². The van der Waals surface area contributed by atoms with Gasteiger partial charge in [0.25, 0.3) is 11.8 Å². The lowest BCUT2D eigenvalue weighted by molar-refractivity contribution is -0.135. The highest BCUT2D eigenvalue weighted by atomic mass is 16.5. The zero-order valence-corrected chi connectivity index (χ0v) is 44.2. The van der Waals surface area contributed by atoms with Crippen molar-refractivity contribution in [1.29, 1.82) is 0 Å². The van der Waals surface area contributed by atoms with Gasteiger partial charge in [-0.25, -0.2) is 19.6 Å². The molecular weight excluding hydrogens is 953 g/mol. The molecule has 14 heteroatoms. The topological polar surface area (TPSA) is 175 Å². The predicted octanol–water partition coefficient (Wildman–Crippen LogP) is 11.8. The van der Waals surface area contributed by atoms with Crippen molar-refractivity contribution < 1.29 is 28.7 Å². The third-order valence-electron chi connectivity index (χ3n) is 16.5. The molecule has 0 saturated carbocycles. The highest BCUT2D eigenvalue weighted by Gasteiger charge is 2.44. The van der Waals surface area contributed by atoms with Gasteiger partial charge in [-0.3, -0.25) is 9.59 Å². The van der Waals surface area contributed by atoms with Gasteiger partial charge in [-0.15, -0.1) is 0 Å². The molecule has 0 bridgehead atoms. The predicted molar refractivity (Wildman–Crippen MR) is 292 cm³/mol. The Balaban J connectivity index is 0.909. The summed E-state index contributed by atoms with van der Waals surface area (Å²) in [6.07, 6.45) is 9.55. The van der Waals surface area contributed by atoms with E-state index < -0.39 is 24.3 Å². The summed E-state index contributed by atoms with van der Waals surface area (Å²) in [6, 6.07) is 33.9. The van der Waals surface area contributed by atoms with E-state index in [1.165, 1.54) is 58.7 Å². The average molecular weight is 1020 g/mol. The molecule has 4 N–H and O–H groups in total. The minimum absolute atomic E-state index is 0.0798. The number of ether oxygens (including phenoxy) is 2. The summed E-state index contributed by atoms with van der Waals surface area (Å²) < 4.78 is 9.84. The van der Waals surface area contributed by atoms with Gasteiger partial charge in [0.05, 0.1) is 50.1 Å². The standard InChI is InChI=1S/C62H66N8O6/c1-61(2)29-27-43-50(42-24-14-22-40(34-42)46-36-64-56(66-46)48-26-16-32-70(48)58(72)54(68-60(74)76-6)38-19-11-8-12-20-38)52-44(28-30-62(52,3)4)49(51(43)61)41-23-13-21-39(33-41)45-35-63-55(65-45)47-25-15-31-69(47)57(71)53(67-59(73)75-5)37-17-9-7-10-18-37/h7-14,17-24,33-36,47-48,53-54H,15-16,25-32H2,1-6H3,(H,63,65)(H,64,66)(H,67,73)(H,68,74)/t47-,48-,53+,54?/m0/s1. The Hall–Kier alpha value is -8.00. The van der Waals surface area contributed by atoms with E-state index in [9.17, 15) is 19.2 Å². The van der Waals surface area contributed by atoms with E-state index in [4.69, 9.17) is 19.4 Å². The SMILES string of the molecule is COC(=O)NC(C(=O)N1CCC[C@H]1c1ncc(-c2cccc(-c3c4c(c(-c5cccc(-c6cnc([C@@H]7CCCN7C(=O)[C@H](NC(=O)OC)c7ccccc7)[nH]6)c5)c5c3C(C)(C)CC5)C(C)(C)CC4)c2)[nH]1)c1ccccc1. The molecule has 14 nitrogen and oxygen atoms in total. The summed E-state index contributed by atoms with van der Waals surface area (Å²) in [5, 5.41) is 5.54. The van der Waals surface area contributed by atoms with Crippen LogP contribution in [0, 0.1) is 0 Å². The number of methoxy groups -OCH3 is 2. The number of hydrogen-bond acceptors (Lipinski definition) is 8. The van der Waals surface area contributed by atoms with Crippen LogP contribution in [0.15, 0.2) is 122 Å². The Kier molecular flexibility index (Phi) is 13.4. The normalized spacial score (nSPS) is 18.9. The highest BCUT2D eigenvalue weighted by Crippen LogP contribution is 2.57. The molecule has 7 aromatic rings. The number of aromatic nitrogens is 4. The van der Waals surface area contributed by atoms with E-state index in [1.54, 1.807) is 0 Å². The summed E-state index contributed by atoms with van der Waals surface area (Å²) in [4.78, 5) is 74.3. The van der Waals surface area contributed by atoms with E-state index >= 15 is 0 Å². The molecule has 11 rings (SSSR count). The number of carbonyl (C=O) groups excluding carboxylic acids is 4. The second kappa shape index (κ2) is 20.3. The first-order valence-corrected chi connectivity index (χ1v) is 26.7. The number of H-pyrrole nitrogens is 2. The number of nitrogens with zero attached hydrogens (tertiary/aromatic N) is 4. The number of likely N-dealkylation sites (tertiary alicyclic amines) is 2. The Morgan fingerprint density at radius 3 is 1.36 bits per heavy atom. The highest BCUT2D eigenvalue weighted by molar-refractivity contribution is 5.91. The molecule has 5 aromatic carbocycles. The van der Waals surface area contributed by atoms with Crippen molar-refractivity contribution in [3.05, 3.63) is 167 Å². The van der Waals surface area contributed by atoms with Crippen LogP contribution in [0.25, 0.3) is 44.8 Å². The van der Waals surface area contributed by atoms with Gasteiger partial charge in [0.2, 0.25) is 0 Å². The first-order chi connectivity index (χ1) is 36.7. The van der Waals surface area contributed by atoms with Gasteiger partial charge in [-0.05, 0) is 130 Å². The van der Waals surface area contributed by atoms with E-state index in [-0.39, 0.29) is 34.7 Å². The van der Waals surface area contributed by atoms with E-state index in [0.29, 0.717) is 24.2 Å². The summed E-state index contributed by atoms with van der Waals surface area (Å²) in [5.74, 6) is 1.03. The second-order valence-corrected chi connectivity index (χ2v) is 22.1. The lowest BCUT2D eigenvalue weighted by Crippen LogP contribution is -2.42. The molecule has 2 saturated heterocycles. The number of fused-ring (bicyclic) bond motifs is 2. The van der Waals surface area contributed by atoms with Crippen LogP contribution in [-0.4, -0.2) is 81.0 Å². The van der Waals surface area contributed by atoms with Crippen molar-refractivity contribution in [1.82, 2.24) is 40.4 Å². The summed E-state index contributed by atoms with van der Waals surface area (Å²) >= 11 is 0. The van der Waals surface area contributed by atoms with Crippen LogP contribution in [0.2, 0.25) is 0 Å². The molecule has 2 fully saturated rings. The van der Waals surface area contributed by atoms with Crippen LogP contribution >= 0.6 is 0 Å². The summed E-state index contributed by atoms with van der Waals surface area (Å²) in [6.45, 7) is 10.7. The van der Waals surface area contributed by atoms with Crippen LogP contribution in [0.1, 0.15) is 135 Å². The summed E-state index contributed by atoms with van der Waals surface area (Å²) in [7, 11) is 2.60. The zero-order chi connectivity index (χ0) is 52.9. The summed E-state index contributed by atoms with van der Waals surface area (Å²) in [5.41, 5.74) is 15.8. The van der Waals surface area contributed by atoms with Crippen LogP contribution in [0.5, 0.6) is 0 Å². The Morgan fingerprint density at radius 1 is 0.566 bits per heavy atom. The number of aromatic amines is 2. The van der Waals surface area contributed by atoms with E-state index in [0.717, 1.165) is 85.5 Å². The van der Waals surface area contributed by atoms with E-state index in [1.807, 2.05) is 82.9 Å². The number of hydrogen-bond donors (Lipinski definition) is 4. The van der Waals surface area contributed by atoms with Crippen LogP contribution in [0.4, 0.5) is 9.59 Å². The molecule has 2 aliphatic heterocycles. The number of carbonyl (C=O) groups is 4. The molecule has 4 heterocycles. The number of imidazole rings is 2. The van der Waals surface area contributed by atoms with Crippen LogP contribution in [0.3, 0.4) is 0 Å². The van der Waals surface area contributed by atoms with Gasteiger partial charge in [-0.2, -0.15) is 0 Å². The first kappa shape index (κ1) is 50.2. The monoisotopic (exact) mass is 1020 g/mol. The van der Waals surface area contributed by atoms with Crippen molar-refractivity contribution in [2.45, 2.75) is 114 Å². The number of rotatable bonds is 12. The van der Waals surface area contributed by atoms with Gasteiger partial charge in [0.15, 0.2) is 0 Å². The molecule has 76 heavy (non-hydrogen) atoms. The Morgan fingerprint density at radius 2 is 0.961 bits per heavy atom. The fourth-order valence-electron chi connectivity index (χ4n) is 12.8. The maximum atomic E-state index is 14.3. The van der Waals surface area contributed by atoms with Crippen molar-refractivity contribution in [2.75, 3.05) is 27.3 Å². The molecule has 4 amide bonds. The smallest absolute Gasteiger partial charge is 0.407 e. The van der Waals surface area contributed by atoms with Crippen molar-refractivity contribution in [3.8, 4) is 44.8 Å². The second-order valence-electron chi connectivity index (χ2n) is 22.1. The van der Waals surface area contributed by atoms with Gasteiger partial charge in [0.1, 0.15) is 23.7 Å². The van der Waals surface area contributed by atoms with Crippen LogP contribution in [-0.2, 0) is 42.7 Å². The largest absolute Gasteiger partial charge is 0.453 e.